The van der Waals surface area contributed by atoms with Gasteiger partial charge in [-0.15, -0.1) is 24.0 Å². The molecule has 3 aromatic rings. The Hall–Kier alpha value is -2.45. The Labute approximate surface area is 223 Å². The Morgan fingerprint density at radius 3 is 2.67 bits per heavy atom. The highest BCUT2D eigenvalue weighted by atomic mass is 32.1. The molecule has 0 atom stereocenters. The Balaban J connectivity index is 1.70. The SMILES string of the molecule is Cc1ccnc(-n2c(S)nc3sc(C)c(C#CC(=O)NCCCCO[Si](C)(C)C(C)(C)C)c3c2=O)c1. The van der Waals surface area contributed by atoms with Gasteiger partial charge in [0, 0.05) is 30.1 Å². The average molecular weight is 543 g/mol. The molecule has 0 unspecified atom stereocenters. The summed E-state index contributed by atoms with van der Waals surface area (Å²) in [5, 5.41) is 3.65. The zero-order valence-electron chi connectivity index (χ0n) is 22.0. The van der Waals surface area contributed by atoms with E-state index < -0.39 is 8.32 Å². The normalized spacial score (nSPS) is 11.9. The van der Waals surface area contributed by atoms with Gasteiger partial charge < -0.3 is 9.74 Å². The fourth-order valence-corrected chi connectivity index (χ4v) is 5.70. The van der Waals surface area contributed by atoms with E-state index in [1.54, 1.807) is 12.3 Å². The Bertz CT molecular complexity index is 1390. The summed E-state index contributed by atoms with van der Waals surface area (Å²) in [5.41, 5.74) is 1.17. The van der Waals surface area contributed by atoms with Gasteiger partial charge in [-0.05, 0) is 62.5 Å². The van der Waals surface area contributed by atoms with E-state index in [0.717, 1.165) is 23.3 Å². The van der Waals surface area contributed by atoms with Gasteiger partial charge in [0.1, 0.15) is 10.6 Å². The Kier molecular flexibility index (Phi) is 8.83. The largest absolute Gasteiger partial charge is 0.417 e. The van der Waals surface area contributed by atoms with Gasteiger partial charge in [-0.3, -0.25) is 9.59 Å². The molecule has 7 nitrogen and oxygen atoms in total. The van der Waals surface area contributed by atoms with Crippen molar-refractivity contribution in [2.45, 2.75) is 70.7 Å². The number of nitrogens with zero attached hydrogens (tertiary/aromatic N) is 3. The first-order valence-electron chi connectivity index (χ1n) is 11.9. The van der Waals surface area contributed by atoms with Crippen LogP contribution in [0.5, 0.6) is 0 Å². The number of hydrogen-bond donors (Lipinski definition) is 2. The molecule has 0 aromatic carbocycles. The third kappa shape index (κ3) is 6.45. The van der Waals surface area contributed by atoms with Gasteiger partial charge in [-0.25, -0.2) is 14.5 Å². The van der Waals surface area contributed by atoms with Gasteiger partial charge in [0.05, 0.1) is 10.9 Å². The second kappa shape index (κ2) is 11.3. The summed E-state index contributed by atoms with van der Waals surface area (Å²) in [6.07, 6.45) is 3.32. The molecule has 0 bridgehead atoms. The molecule has 0 aliphatic carbocycles. The summed E-state index contributed by atoms with van der Waals surface area (Å²) in [6.45, 7) is 16.1. The van der Waals surface area contributed by atoms with Crippen molar-refractivity contribution in [2.24, 2.45) is 0 Å². The standard InChI is InChI=1S/C26H34N4O3S2Si/c1-17-12-14-27-20(16-17)30-24(32)22-19(18(2)35-23(22)29-25(30)34)10-11-21(31)28-13-8-9-15-33-36(6,7)26(3,4)5/h12,14,16H,8-9,13,15H2,1-7H3,(H,28,31)(H,29,34). The minimum absolute atomic E-state index is 0.185. The van der Waals surface area contributed by atoms with Crippen LogP contribution >= 0.6 is 24.0 Å². The van der Waals surface area contributed by atoms with Crippen molar-refractivity contribution in [1.29, 1.82) is 0 Å². The van der Waals surface area contributed by atoms with Crippen LogP contribution < -0.4 is 10.9 Å². The molecular weight excluding hydrogens is 509 g/mol. The quantitative estimate of drug-likeness (QED) is 0.144. The lowest BCUT2D eigenvalue weighted by molar-refractivity contribution is -0.115. The summed E-state index contributed by atoms with van der Waals surface area (Å²) in [6, 6.07) is 3.65. The molecular formula is C26H34N4O3S2Si. The van der Waals surface area contributed by atoms with E-state index in [2.05, 4.69) is 73.6 Å². The molecule has 0 aliphatic rings. The number of carbonyl (C=O) groups is 1. The van der Waals surface area contributed by atoms with E-state index in [1.165, 1.54) is 15.9 Å². The van der Waals surface area contributed by atoms with Gasteiger partial charge in [0.15, 0.2) is 13.5 Å². The Morgan fingerprint density at radius 2 is 2.00 bits per heavy atom. The summed E-state index contributed by atoms with van der Waals surface area (Å²) in [4.78, 5) is 35.9. The van der Waals surface area contributed by atoms with Crippen LogP contribution in [0.4, 0.5) is 0 Å². The van der Waals surface area contributed by atoms with Crippen LogP contribution in [0, 0.1) is 25.7 Å². The van der Waals surface area contributed by atoms with Gasteiger partial charge in [-0.2, -0.15) is 0 Å². The van der Waals surface area contributed by atoms with Crippen molar-refractivity contribution < 1.29 is 9.22 Å². The van der Waals surface area contributed by atoms with E-state index in [1.807, 2.05) is 19.9 Å². The number of fused-ring (bicyclic) bond motifs is 1. The van der Waals surface area contributed by atoms with E-state index in [-0.39, 0.29) is 21.7 Å². The first kappa shape index (κ1) is 28.1. The third-order valence-electron chi connectivity index (χ3n) is 6.44. The number of aromatic nitrogens is 3. The molecule has 3 heterocycles. The van der Waals surface area contributed by atoms with Crippen molar-refractivity contribution in [3.63, 3.8) is 0 Å². The average Bonchev–Trinajstić information content (AvgIpc) is 3.08. The zero-order valence-corrected chi connectivity index (χ0v) is 24.7. The van der Waals surface area contributed by atoms with Crippen molar-refractivity contribution in [3.05, 3.63) is 44.7 Å². The number of unbranched alkanes of at least 4 members (excludes halogenated alkanes) is 1. The zero-order chi connectivity index (χ0) is 26.7. The van der Waals surface area contributed by atoms with Crippen LogP contribution in [0.2, 0.25) is 18.1 Å². The summed E-state index contributed by atoms with van der Waals surface area (Å²) < 4.78 is 7.53. The first-order chi connectivity index (χ1) is 16.8. The fraction of sp³-hybridized carbons (Fsp3) is 0.462. The van der Waals surface area contributed by atoms with Crippen molar-refractivity contribution in [3.8, 4) is 17.7 Å². The molecule has 1 N–H and O–H groups in total. The lowest BCUT2D eigenvalue weighted by Gasteiger charge is -2.36. The molecule has 0 radical (unpaired) electrons. The molecule has 3 aromatic heterocycles. The number of aryl methyl sites for hydroxylation is 2. The minimum atomic E-state index is -1.75. The topological polar surface area (TPSA) is 86.1 Å². The minimum Gasteiger partial charge on any atom is -0.417 e. The molecule has 36 heavy (non-hydrogen) atoms. The van der Waals surface area contributed by atoms with E-state index in [0.29, 0.717) is 34.7 Å². The maximum absolute atomic E-state index is 13.4. The van der Waals surface area contributed by atoms with Crippen LogP contribution in [0.25, 0.3) is 16.0 Å². The lowest BCUT2D eigenvalue weighted by Crippen LogP contribution is -2.41. The smallest absolute Gasteiger partial charge is 0.296 e. The summed E-state index contributed by atoms with van der Waals surface area (Å²) in [5.74, 6) is 5.61. The predicted molar refractivity (Wildman–Crippen MR) is 152 cm³/mol. The highest BCUT2D eigenvalue weighted by Gasteiger charge is 2.36. The van der Waals surface area contributed by atoms with Gasteiger partial charge in [0.25, 0.3) is 11.5 Å². The number of rotatable bonds is 7. The second-order valence-corrected chi connectivity index (χ2v) is 16.7. The summed E-state index contributed by atoms with van der Waals surface area (Å²) >= 11 is 5.78. The van der Waals surface area contributed by atoms with Crippen molar-refractivity contribution >= 4 is 48.4 Å². The van der Waals surface area contributed by atoms with Crippen molar-refractivity contribution in [1.82, 2.24) is 19.9 Å². The third-order valence-corrected chi connectivity index (χ3v) is 12.3. The highest BCUT2D eigenvalue weighted by Crippen LogP contribution is 2.36. The molecule has 1 amide bonds. The number of carbonyl (C=O) groups excluding carboxylic acids is 1. The molecule has 192 valence electrons. The maximum atomic E-state index is 13.4. The maximum Gasteiger partial charge on any atom is 0.296 e. The molecule has 0 saturated carbocycles. The molecule has 0 spiro atoms. The highest BCUT2D eigenvalue weighted by molar-refractivity contribution is 7.80. The van der Waals surface area contributed by atoms with Gasteiger partial charge >= 0.3 is 0 Å². The second-order valence-electron chi connectivity index (χ2n) is 10.3. The molecule has 0 fully saturated rings. The number of pyridine rings is 1. The lowest BCUT2D eigenvalue weighted by atomic mass is 10.2. The van der Waals surface area contributed by atoms with Gasteiger partial charge in [-0.1, -0.05) is 26.7 Å². The fourth-order valence-electron chi connectivity index (χ4n) is 3.29. The van der Waals surface area contributed by atoms with Crippen LogP contribution in [-0.2, 0) is 9.22 Å². The molecule has 0 saturated heterocycles. The number of amides is 1. The van der Waals surface area contributed by atoms with E-state index >= 15 is 0 Å². The molecule has 3 rings (SSSR count). The number of thiol groups is 1. The summed E-state index contributed by atoms with van der Waals surface area (Å²) in [7, 11) is -1.75. The van der Waals surface area contributed by atoms with E-state index in [9.17, 15) is 9.59 Å². The van der Waals surface area contributed by atoms with Gasteiger partial charge in [0.2, 0.25) is 0 Å². The van der Waals surface area contributed by atoms with Crippen LogP contribution in [0.15, 0.2) is 28.3 Å². The van der Waals surface area contributed by atoms with Crippen LogP contribution in [0.3, 0.4) is 0 Å². The Morgan fingerprint density at radius 1 is 1.28 bits per heavy atom. The van der Waals surface area contributed by atoms with Crippen LogP contribution in [-0.4, -0.2) is 41.9 Å². The number of nitrogens with one attached hydrogen (secondary N) is 1. The number of hydrogen-bond acceptors (Lipinski definition) is 7. The monoisotopic (exact) mass is 542 g/mol. The number of thiophene rings is 1. The predicted octanol–water partition coefficient (Wildman–Crippen LogP) is 5.02. The van der Waals surface area contributed by atoms with Crippen molar-refractivity contribution in [2.75, 3.05) is 13.2 Å². The first-order valence-corrected chi connectivity index (χ1v) is 16.1. The van der Waals surface area contributed by atoms with E-state index in [4.69, 9.17) is 4.43 Å². The molecule has 10 heteroatoms. The van der Waals surface area contributed by atoms with Crippen LogP contribution in [0.1, 0.15) is 49.6 Å². The molecule has 0 aliphatic heterocycles.